The quantitative estimate of drug-likeness (QED) is 0.0699. The zero-order valence-electron chi connectivity index (χ0n) is 29.4. The Morgan fingerprint density at radius 2 is 1.41 bits per heavy atom. The van der Waals surface area contributed by atoms with Gasteiger partial charge in [-0.05, 0) is 39.0 Å². The Bertz CT molecular complexity index is 1380. The van der Waals surface area contributed by atoms with Crippen LogP contribution in [0.3, 0.4) is 0 Å². The summed E-state index contributed by atoms with van der Waals surface area (Å²) in [7, 11) is 1.03. The molecule has 0 aliphatic carbocycles. The lowest BCUT2D eigenvalue weighted by Crippen LogP contribution is -2.64. The van der Waals surface area contributed by atoms with E-state index in [-0.39, 0.29) is 56.5 Å². The van der Waals surface area contributed by atoms with Gasteiger partial charge in [0.05, 0.1) is 45.7 Å². The number of rotatable bonds is 18. The molecule has 1 aliphatic heterocycles. The van der Waals surface area contributed by atoms with Crippen molar-refractivity contribution in [3.05, 3.63) is 29.3 Å². The van der Waals surface area contributed by atoms with E-state index in [0.717, 1.165) is 27.9 Å². The molecule has 0 saturated carbocycles. The number of aldehydes is 1. The van der Waals surface area contributed by atoms with Crippen LogP contribution in [0.25, 0.3) is 0 Å². The largest absolute Gasteiger partial charge is 0.467 e. The van der Waals surface area contributed by atoms with Gasteiger partial charge in [-0.15, -0.1) is 0 Å². The summed E-state index contributed by atoms with van der Waals surface area (Å²) in [5, 5.41) is 2.62. The van der Waals surface area contributed by atoms with Crippen molar-refractivity contribution in [2.24, 2.45) is 0 Å². The molecular formula is C32H44N2O17. The zero-order chi connectivity index (χ0) is 38.1. The first kappa shape index (κ1) is 42.3. The number of benzene rings is 1. The van der Waals surface area contributed by atoms with Crippen LogP contribution in [0.15, 0.2) is 18.2 Å². The molecule has 1 saturated heterocycles. The van der Waals surface area contributed by atoms with Gasteiger partial charge in [0.1, 0.15) is 17.6 Å². The molecule has 2 amide bonds. The molecule has 19 heteroatoms. The van der Waals surface area contributed by atoms with Crippen molar-refractivity contribution in [1.29, 1.82) is 0 Å². The van der Waals surface area contributed by atoms with E-state index >= 15 is 0 Å². The van der Waals surface area contributed by atoms with Crippen molar-refractivity contribution in [1.82, 2.24) is 10.8 Å². The monoisotopic (exact) mass is 728 g/mol. The number of hydroxylamine groups is 1. The third kappa shape index (κ3) is 14.9. The first-order chi connectivity index (χ1) is 24.1. The Morgan fingerprint density at radius 1 is 0.824 bits per heavy atom. The molecule has 2 N–H and O–H groups in total. The molecule has 0 spiro atoms. The van der Waals surface area contributed by atoms with Crippen LogP contribution in [-0.2, 0) is 61.9 Å². The predicted octanol–water partition coefficient (Wildman–Crippen LogP) is 0.790. The normalized spacial score (nSPS) is 19.9. The van der Waals surface area contributed by atoms with Gasteiger partial charge in [-0.2, -0.15) is 5.48 Å². The third-order valence-corrected chi connectivity index (χ3v) is 6.25. The fourth-order valence-electron chi connectivity index (χ4n) is 4.36. The van der Waals surface area contributed by atoms with E-state index in [0.29, 0.717) is 6.29 Å². The van der Waals surface area contributed by atoms with Gasteiger partial charge in [0.2, 0.25) is 12.4 Å². The van der Waals surface area contributed by atoms with E-state index in [4.69, 9.17) is 47.5 Å². The Morgan fingerprint density at radius 3 is 2.00 bits per heavy atom. The van der Waals surface area contributed by atoms with Gasteiger partial charge < -0.3 is 47.9 Å². The molecule has 19 nitrogen and oxygen atoms in total. The summed E-state index contributed by atoms with van der Waals surface area (Å²) >= 11 is 0. The lowest BCUT2D eigenvalue weighted by atomic mass is 9.97. The highest BCUT2D eigenvalue weighted by Crippen LogP contribution is 2.32. The summed E-state index contributed by atoms with van der Waals surface area (Å²) < 4.78 is 48.2. The van der Waals surface area contributed by atoms with Crippen LogP contribution in [0.2, 0.25) is 0 Å². The number of hydrogen-bond acceptors (Lipinski definition) is 17. The van der Waals surface area contributed by atoms with Gasteiger partial charge in [0.15, 0.2) is 18.3 Å². The summed E-state index contributed by atoms with van der Waals surface area (Å²) in [6.07, 6.45) is -8.56. The van der Waals surface area contributed by atoms with E-state index in [1.165, 1.54) is 18.2 Å². The van der Waals surface area contributed by atoms with Crippen molar-refractivity contribution in [2.45, 2.75) is 77.8 Å². The van der Waals surface area contributed by atoms with E-state index in [9.17, 15) is 33.6 Å². The fourth-order valence-corrected chi connectivity index (χ4v) is 4.36. The van der Waals surface area contributed by atoms with Gasteiger partial charge >= 0.3 is 30.0 Å². The molecule has 0 radical (unpaired) electrons. The van der Waals surface area contributed by atoms with E-state index < -0.39 is 72.2 Å². The number of carbonyl (C=O) groups excluding carboxylic acids is 7. The lowest BCUT2D eigenvalue weighted by molar-refractivity contribution is -0.282. The molecule has 1 unspecified atom stereocenters. The van der Waals surface area contributed by atoms with Crippen molar-refractivity contribution in [2.75, 3.05) is 46.7 Å². The number of carbonyl (C=O) groups is 7. The minimum Gasteiger partial charge on any atom is -0.467 e. The Hall–Kier alpha value is -4.85. The van der Waals surface area contributed by atoms with Crippen LogP contribution in [0.1, 0.15) is 62.3 Å². The standard InChI is InChI=1S/C32H44N2O17/c1-18(36)46-24-25(47-19(2)37)27(48-20(3)38)30(50-26(24)29(40)42-7)49-23-9-8-21(17-35)16-22(23)28(39)33-10-11-43-12-13-44-14-15-45-34-31(41)51-32(4,5)6/h8-9,16-17,24-27,30H,10-15H2,1-7H3,(H,33,39)(H,34,41)/t24-,25-,26-,27+,30?/m0/s1. The molecule has 284 valence electrons. The Labute approximate surface area is 293 Å². The zero-order valence-corrected chi connectivity index (χ0v) is 29.4. The maximum absolute atomic E-state index is 13.2. The fraction of sp³-hybridized carbons (Fsp3) is 0.594. The number of ether oxygens (including phenoxy) is 9. The lowest BCUT2D eigenvalue weighted by Gasteiger charge is -2.43. The topological polar surface area (TPSA) is 236 Å². The van der Waals surface area contributed by atoms with E-state index in [1.807, 2.05) is 0 Å². The maximum atomic E-state index is 13.2. The Kier molecular flexibility index (Phi) is 17.2. The minimum atomic E-state index is -1.73. The Balaban J connectivity index is 2.07. The van der Waals surface area contributed by atoms with Crippen LogP contribution in [0.4, 0.5) is 4.79 Å². The molecule has 0 aromatic heterocycles. The van der Waals surface area contributed by atoms with Crippen molar-refractivity contribution < 1.29 is 81.0 Å². The highest BCUT2D eigenvalue weighted by Gasteiger charge is 2.56. The highest BCUT2D eigenvalue weighted by molar-refractivity contribution is 5.98. The summed E-state index contributed by atoms with van der Waals surface area (Å²) in [6.45, 7) is 8.92. The summed E-state index contributed by atoms with van der Waals surface area (Å²) in [5.41, 5.74) is 1.41. The second-order valence-electron chi connectivity index (χ2n) is 11.6. The molecular weight excluding hydrogens is 684 g/mol. The van der Waals surface area contributed by atoms with Crippen LogP contribution >= 0.6 is 0 Å². The van der Waals surface area contributed by atoms with Gasteiger partial charge in [0, 0.05) is 32.9 Å². The average molecular weight is 729 g/mol. The third-order valence-electron chi connectivity index (χ3n) is 6.25. The first-order valence-electron chi connectivity index (χ1n) is 15.6. The van der Waals surface area contributed by atoms with Gasteiger partial charge in [-0.1, -0.05) is 0 Å². The smallest absolute Gasteiger partial charge is 0.431 e. The molecule has 0 bridgehead atoms. The molecule has 5 atom stereocenters. The van der Waals surface area contributed by atoms with E-state index in [2.05, 4.69) is 10.8 Å². The average Bonchev–Trinajstić information content (AvgIpc) is 3.04. The molecule has 1 fully saturated rings. The number of esters is 4. The highest BCUT2D eigenvalue weighted by atomic mass is 16.7. The molecule has 51 heavy (non-hydrogen) atoms. The SMILES string of the molecule is COC(=O)[C@H]1OC(Oc2ccc(C=O)cc2C(=O)NCCOCCOCCONC(=O)OC(C)(C)C)[C@H](OC(C)=O)[C@@H](OC(C)=O)[C@@H]1OC(C)=O. The molecule has 1 aromatic carbocycles. The van der Waals surface area contributed by atoms with Gasteiger partial charge in [-0.3, -0.25) is 28.8 Å². The molecule has 1 heterocycles. The maximum Gasteiger partial charge on any atom is 0.431 e. The van der Waals surface area contributed by atoms with Crippen LogP contribution in [0, 0.1) is 0 Å². The van der Waals surface area contributed by atoms with Crippen LogP contribution < -0.4 is 15.5 Å². The molecule has 1 aliphatic rings. The second-order valence-corrected chi connectivity index (χ2v) is 11.6. The number of nitrogens with one attached hydrogen (secondary N) is 2. The van der Waals surface area contributed by atoms with E-state index in [1.54, 1.807) is 20.8 Å². The number of amides is 2. The van der Waals surface area contributed by atoms with Crippen molar-refractivity contribution in [3.8, 4) is 5.75 Å². The molecule has 1 aromatic rings. The number of methoxy groups -OCH3 is 1. The first-order valence-corrected chi connectivity index (χ1v) is 15.6. The molecule has 2 rings (SSSR count). The van der Waals surface area contributed by atoms with Gasteiger partial charge in [0.25, 0.3) is 5.91 Å². The van der Waals surface area contributed by atoms with Crippen LogP contribution in [-0.4, -0.2) is 125 Å². The predicted molar refractivity (Wildman–Crippen MR) is 169 cm³/mol. The van der Waals surface area contributed by atoms with Gasteiger partial charge in [-0.25, -0.2) is 9.59 Å². The summed E-state index contributed by atoms with van der Waals surface area (Å²) in [4.78, 5) is 90.1. The second kappa shape index (κ2) is 20.7. The van der Waals surface area contributed by atoms with Crippen molar-refractivity contribution in [3.63, 3.8) is 0 Å². The summed E-state index contributed by atoms with van der Waals surface area (Å²) in [6, 6.07) is 3.81. The minimum absolute atomic E-state index is 0.0194. The summed E-state index contributed by atoms with van der Waals surface area (Å²) in [5.74, 6) is -4.58. The van der Waals surface area contributed by atoms with Crippen LogP contribution in [0.5, 0.6) is 5.75 Å². The van der Waals surface area contributed by atoms with Crippen molar-refractivity contribution >= 4 is 42.2 Å². The number of hydrogen-bond donors (Lipinski definition) is 2.